The molecular formula is C12H19N3O. The highest BCUT2D eigenvalue weighted by Gasteiger charge is 2.11. The second-order valence-corrected chi connectivity index (χ2v) is 4.46. The molecule has 4 heteroatoms. The molecule has 0 aliphatic carbocycles. The van der Waals surface area contributed by atoms with Crippen molar-refractivity contribution < 1.29 is 4.79 Å². The summed E-state index contributed by atoms with van der Waals surface area (Å²) in [6.45, 7) is 9.65. The highest BCUT2D eigenvalue weighted by atomic mass is 16.1. The van der Waals surface area contributed by atoms with Gasteiger partial charge in [0.25, 0.3) is 0 Å². The zero-order valence-corrected chi connectivity index (χ0v) is 10.6. The van der Waals surface area contributed by atoms with E-state index in [-0.39, 0.29) is 5.91 Å². The molecule has 0 bridgehead atoms. The first kappa shape index (κ1) is 12.6. The van der Waals surface area contributed by atoms with Crippen molar-refractivity contribution in [2.24, 2.45) is 5.92 Å². The molecule has 0 aliphatic heterocycles. The van der Waals surface area contributed by atoms with E-state index in [0.717, 1.165) is 22.9 Å². The summed E-state index contributed by atoms with van der Waals surface area (Å²) >= 11 is 0. The number of hydrogen-bond donors (Lipinski definition) is 1. The van der Waals surface area contributed by atoms with Gasteiger partial charge in [-0.05, 0) is 26.7 Å². The van der Waals surface area contributed by atoms with Crippen LogP contribution in [0.5, 0.6) is 0 Å². The number of nitrogens with one attached hydrogen (secondary N) is 1. The van der Waals surface area contributed by atoms with E-state index in [2.05, 4.69) is 15.3 Å². The fourth-order valence-corrected chi connectivity index (χ4v) is 1.63. The van der Waals surface area contributed by atoms with Crippen molar-refractivity contribution >= 4 is 11.6 Å². The molecule has 0 aromatic carbocycles. The second-order valence-electron chi connectivity index (χ2n) is 4.46. The summed E-state index contributed by atoms with van der Waals surface area (Å²) in [4.78, 5) is 20.1. The number of carbonyl (C=O) groups excluding carboxylic acids is 1. The van der Waals surface area contributed by atoms with Crippen molar-refractivity contribution in [2.75, 3.05) is 5.32 Å². The van der Waals surface area contributed by atoms with Gasteiger partial charge in [0.2, 0.25) is 5.91 Å². The number of nitrogens with zero attached hydrogens (tertiary/aromatic N) is 2. The van der Waals surface area contributed by atoms with Crippen molar-refractivity contribution in [1.82, 2.24) is 9.97 Å². The van der Waals surface area contributed by atoms with E-state index in [0.29, 0.717) is 12.3 Å². The first-order valence-corrected chi connectivity index (χ1v) is 5.52. The monoisotopic (exact) mass is 221 g/mol. The molecular weight excluding hydrogens is 202 g/mol. The Morgan fingerprint density at radius 1 is 1.19 bits per heavy atom. The summed E-state index contributed by atoms with van der Waals surface area (Å²) in [6.07, 6.45) is 0.521. The van der Waals surface area contributed by atoms with Crippen molar-refractivity contribution in [3.63, 3.8) is 0 Å². The van der Waals surface area contributed by atoms with Gasteiger partial charge in [-0.2, -0.15) is 0 Å². The van der Waals surface area contributed by atoms with Crippen LogP contribution in [0.2, 0.25) is 0 Å². The zero-order valence-electron chi connectivity index (χ0n) is 10.6. The number of hydrogen-bond acceptors (Lipinski definition) is 3. The van der Waals surface area contributed by atoms with E-state index in [1.54, 1.807) is 0 Å². The molecule has 1 amide bonds. The normalized spacial score (nSPS) is 10.6. The molecule has 0 saturated carbocycles. The van der Waals surface area contributed by atoms with Crippen LogP contribution in [-0.4, -0.2) is 15.9 Å². The summed E-state index contributed by atoms with van der Waals surface area (Å²) in [7, 11) is 0. The highest BCUT2D eigenvalue weighted by Crippen LogP contribution is 2.17. The number of carbonyl (C=O) groups is 1. The van der Waals surface area contributed by atoms with Crippen LogP contribution >= 0.6 is 0 Å². The first-order chi connectivity index (χ1) is 7.40. The molecule has 0 saturated heterocycles. The van der Waals surface area contributed by atoms with Gasteiger partial charge in [0, 0.05) is 6.42 Å². The standard InChI is InChI=1S/C12H19N3O/c1-7(2)6-11(16)15-12-8(3)13-10(5)14-9(12)4/h7H,6H2,1-5H3,(H,15,16). The molecule has 0 aliphatic rings. The van der Waals surface area contributed by atoms with E-state index >= 15 is 0 Å². The summed E-state index contributed by atoms with van der Waals surface area (Å²) in [5, 5.41) is 2.87. The lowest BCUT2D eigenvalue weighted by atomic mass is 10.1. The van der Waals surface area contributed by atoms with Crippen LogP contribution in [0.15, 0.2) is 0 Å². The first-order valence-electron chi connectivity index (χ1n) is 5.52. The largest absolute Gasteiger partial charge is 0.323 e. The number of rotatable bonds is 3. The lowest BCUT2D eigenvalue weighted by molar-refractivity contribution is -0.116. The predicted octanol–water partition coefficient (Wildman–Crippen LogP) is 2.39. The van der Waals surface area contributed by atoms with Crippen molar-refractivity contribution in [3.05, 3.63) is 17.2 Å². The van der Waals surface area contributed by atoms with Crippen molar-refractivity contribution in [2.45, 2.75) is 41.0 Å². The molecule has 1 aromatic rings. The van der Waals surface area contributed by atoms with Crippen LogP contribution in [0.3, 0.4) is 0 Å². The van der Waals surface area contributed by atoms with E-state index in [1.165, 1.54) is 0 Å². The van der Waals surface area contributed by atoms with Gasteiger partial charge in [-0.25, -0.2) is 9.97 Å². The Bertz CT molecular complexity index is 376. The maximum Gasteiger partial charge on any atom is 0.224 e. The number of anilines is 1. The van der Waals surface area contributed by atoms with Crippen LogP contribution in [0.4, 0.5) is 5.69 Å². The fraction of sp³-hybridized carbons (Fsp3) is 0.583. The predicted molar refractivity (Wildman–Crippen MR) is 64.3 cm³/mol. The van der Waals surface area contributed by atoms with Gasteiger partial charge in [0.05, 0.1) is 17.1 Å². The molecule has 16 heavy (non-hydrogen) atoms. The second kappa shape index (κ2) is 5.05. The van der Waals surface area contributed by atoms with Crippen molar-refractivity contribution in [1.29, 1.82) is 0 Å². The van der Waals surface area contributed by atoms with Gasteiger partial charge >= 0.3 is 0 Å². The average Bonchev–Trinajstić information content (AvgIpc) is 2.09. The smallest absolute Gasteiger partial charge is 0.224 e. The van der Waals surface area contributed by atoms with Crippen LogP contribution in [0, 0.1) is 26.7 Å². The van der Waals surface area contributed by atoms with Gasteiger partial charge in [-0.3, -0.25) is 4.79 Å². The Kier molecular flexibility index (Phi) is 3.99. The van der Waals surface area contributed by atoms with Crippen LogP contribution < -0.4 is 5.32 Å². The molecule has 88 valence electrons. The lowest BCUT2D eigenvalue weighted by Gasteiger charge is -2.11. The minimum Gasteiger partial charge on any atom is -0.323 e. The van der Waals surface area contributed by atoms with Crippen LogP contribution in [0.1, 0.15) is 37.5 Å². The Morgan fingerprint density at radius 3 is 2.12 bits per heavy atom. The average molecular weight is 221 g/mol. The molecule has 0 unspecified atom stereocenters. The van der Waals surface area contributed by atoms with E-state index in [1.807, 2.05) is 34.6 Å². The molecule has 1 heterocycles. The molecule has 0 radical (unpaired) electrons. The zero-order chi connectivity index (χ0) is 12.3. The van der Waals surface area contributed by atoms with E-state index in [9.17, 15) is 4.79 Å². The van der Waals surface area contributed by atoms with Crippen LogP contribution in [-0.2, 0) is 4.79 Å². The molecule has 0 spiro atoms. The summed E-state index contributed by atoms with van der Waals surface area (Å²) in [5.41, 5.74) is 2.39. The summed E-state index contributed by atoms with van der Waals surface area (Å²) in [5.74, 6) is 1.11. The van der Waals surface area contributed by atoms with Gasteiger partial charge in [-0.1, -0.05) is 13.8 Å². The number of amides is 1. The molecule has 1 aromatic heterocycles. The highest BCUT2D eigenvalue weighted by molar-refractivity contribution is 5.91. The van der Waals surface area contributed by atoms with Gasteiger partial charge in [0.1, 0.15) is 5.82 Å². The minimum absolute atomic E-state index is 0.0219. The Hall–Kier alpha value is -1.45. The number of aromatic nitrogens is 2. The molecule has 0 atom stereocenters. The summed E-state index contributed by atoms with van der Waals surface area (Å²) < 4.78 is 0. The third kappa shape index (κ3) is 3.29. The fourth-order valence-electron chi connectivity index (χ4n) is 1.63. The summed E-state index contributed by atoms with van der Waals surface area (Å²) in [6, 6.07) is 0. The van der Waals surface area contributed by atoms with E-state index in [4.69, 9.17) is 0 Å². The maximum absolute atomic E-state index is 11.6. The molecule has 1 rings (SSSR count). The number of aryl methyl sites for hydroxylation is 3. The third-order valence-corrected chi connectivity index (χ3v) is 2.24. The molecule has 1 N–H and O–H groups in total. The Morgan fingerprint density at radius 2 is 1.69 bits per heavy atom. The Labute approximate surface area is 96.5 Å². The third-order valence-electron chi connectivity index (χ3n) is 2.24. The van der Waals surface area contributed by atoms with Crippen molar-refractivity contribution in [3.8, 4) is 0 Å². The van der Waals surface area contributed by atoms with Gasteiger partial charge < -0.3 is 5.32 Å². The molecule has 0 fully saturated rings. The lowest BCUT2D eigenvalue weighted by Crippen LogP contribution is -2.16. The maximum atomic E-state index is 11.6. The van der Waals surface area contributed by atoms with E-state index < -0.39 is 0 Å². The SMILES string of the molecule is Cc1nc(C)c(NC(=O)CC(C)C)c(C)n1. The minimum atomic E-state index is 0.0219. The van der Waals surface area contributed by atoms with Gasteiger partial charge in [-0.15, -0.1) is 0 Å². The molecule has 4 nitrogen and oxygen atoms in total. The van der Waals surface area contributed by atoms with Gasteiger partial charge in [0.15, 0.2) is 0 Å². The Balaban J connectivity index is 2.85. The van der Waals surface area contributed by atoms with Crippen LogP contribution in [0.25, 0.3) is 0 Å². The quantitative estimate of drug-likeness (QED) is 0.852. The topological polar surface area (TPSA) is 54.9 Å².